The highest BCUT2D eigenvalue weighted by atomic mass is 32.2. The van der Waals surface area contributed by atoms with Crippen molar-refractivity contribution in [3.05, 3.63) is 11.6 Å². The predicted octanol–water partition coefficient (Wildman–Crippen LogP) is 3.17. The number of hydrogen-bond acceptors (Lipinski definition) is 3. The molecule has 1 aliphatic rings. The van der Waals surface area contributed by atoms with E-state index in [9.17, 15) is 4.79 Å². The van der Waals surface area contributed by atoms with Gasteiger partial charge in [0.05, 0.1) is 6.61 Å². The van der Waals surface area contributed by atoms with Crippen LogP contribution in [0.5, 0.6) is 0 Å². The van der Waals surface area contributed by atoms with Gasteiger partial charge < -0.3 is 4.74 Å². The maximum atomic E-state index is 11.7. The lowest BCUT2D eigenvalue weighted by molar-refractivity contribution is -0.138. The summed E-state index contributed by atoms with van der Waals surface area (Å²) in [7, 11) is 0. The van der Waals surface area contributed by atoms with Crippen molar-refractivity contribution in [1.82, 2.24) is 0 Å². The van der Waals surface area contributed by atoms with Crippen LogP contribution in [-0.2, 0) is 9.53 Å². The number of allylic oxidation sites excluding steroid dienone is 1. The third-order valence-corrected chi connectivity index (χ3v) is 3.69. The Morgan fingerprint density at radius 1 is 1.67 bits per heavy atom. The van der Waals surface area contributed by atoms with Crippen LogP contribution < -0.4 is 0 Å². The molecule has 0 aromatic heterocycles. The first-order valence-corrected chi connectivity index (χ1v) is 6.62. The summed E-state index contributed by atoms with van der Waals surface area (Å²) in [6.07, 6.45) is 5.37. The van der Waals surface area contributed by atoms with Gasteiger partial charge in [0.25, 0.3) is 0 Å². The molecule has 1 aliphatic carbocycles. The van der Waals surface area contributed by atoms with E-state index in [0.29, 0.717) is 17.1 Å². The van der Waals surface area contributed by atoms with E-state index in [1.807, 2.05) is 18.7 Å². The van der Waals surface area contributed by atoms with Gasteiger partial charge in [-0.05, 0) is 31.4 Å². The van der Waals surface area contributed by atoms with Gasteiger partial charge in [-0.1, -0.05) is 19.9 Å². The van der Waals surface area contributed by atoms with Crippen LogP contribution in [0.3, 0.4) is 0 Å². The molecule has 0 saturated carbocycles. The fourth-order valence-electron chi connectivity index (χ4n) is 1.75. The Labute approximate surface area is 96.5 Å². The van der Waals surface area contributed by atoms with E-state index in [2.05, 4.69) is 19.9 Å². The molecule has 0 N–H and O–H groups in total. The second-order valence-corrected chi connectivity index (χ2v) is 5.77. The average Bonchev–Trinajstić information content (AvgIpc) is 2.18. The van der Waals surface area contributed by atoms with Crippen LogP contribution in [0, 0.1) is 0 Å². The summed E-state index contributed by atoms with van der Waals surface area (Å²) in [4.78, 5) is 11.7. The van der Waals surface area contributed by atoms with Crippen molar-refractivity contribution in [1.29, 1.82) is 0 Å². The normalized spacial score (nSPS) is 21.3. The first kappa shape index (κ1) is 12.6. The second kappa shape index (κ2) is 6.21. The fourth-order valence-corrected chi connectivity index (χ4v) is 3.05. The van der Waals surface area contributed by atoms with Crippen molar-refractivity contribution in [2.75, 3.05) is 6.61 Å². The van der Waals surface area contributed by atoms with Crippen molar-refractivity contribution in [3.8, 4) is 0 Å². The van der Waals surface area contributed by atoms with Crippen molar-refractivity contribution < 1.29 is 9.53 Å². The Morgan fingerprint density at radius 2 is 2.40 bits per heavy atom. The summed E-state index contributed by atoms with van der Waals surface area (Å²) in [6.45, 7) is 6.66. The van der Waals surface area contributed by atoms with Crippen molar-refractivity contribution in [2.45, 2.75) is 50.5 Å². The lowest BCUT2D eigenvalue weighted by Crippen LogP contribution is -2.22. The smallest absolute Gasteiger partial charge is 0.334 e. The van der Waals surface area contributed by atoms with Crippen LogP contribution >= 0.6 is 11.8 Å². The minimum Gasteiger partial charge on any atom is -0.463 e. The zero-order chi connectivity index (χ0) is 11.3. The molecule has 0 aromatic rings. The lowest BCUT2D eigenvalue weighted by Gasteiger charge is -2.24. The number of hydrogen-bond donors (Lipinski definition) is 0. The zero-order valence-corrected chi connectivity index (χ0v) is 10.6. The lowest BCUT2D eigenvalue weighted by atomic mass is 9.99. The summed E-state index contributed by atoms with van der Waals surface area (Å²) >= 11 is 1.87. The summed E-state index contributed by atoms with van der Waals surface area (Å²) in [5.74, 6) is -0.115. The predicted molar refractivity (Wildman–Crippen MR) is 65.1 cm³/mol. The molecule has 0 aromatic carbocycles. The van der Waals surface area contributed by atoms with E-state index < -0.39 is 0 Å². The van der Waals surface area contributed by atoms with Gasteiger partial charge in [0.15, 0.2) is 0 Å². The van der Waals surface area contributed by atoms with Crippen molar-refractivity contribution in [2.24, 2.45) is 0 Å². The number of ether oxygens (including phenoxy) is 1. The number of carbonyl (C=O) groups is 1. The number of thioether (sulfide) groups is 1. The average molecular weight is 228 g/mol. The van der Waals surface area contributed by atoms with Crippen LogP contribution in [-0.4, -0.2) is 23.1 Å². The Balaban J connectivity index is 2.64. The number of carbonyl (C=O) groups excluding carboxylic acids is 1. The number of rotatable bonds is 4. The molecule has 86 valence electrons. The molecule has 0 saturated heterocycles. The van der Waals surface area contributed by atoms with Crippen molar-refractivity contribution >= 4 is 17.7 Å². The van der Waals surface area contributed by atoms with Crippen LogP contribution in [0.25, 0.3) is 0 Å². The Bertz CT molecular complexity index is 246. The zero-order valence-electron chi connectivity index (χ0n) is 9.79. The second-order valence-electron chi connectivity index (χ2n) is 3.98. The highest BCUT2D eigenvalue weighted by Gasteiger charge is 2.25. The van der Waals surface area contributed by atoms with Crippen LogP contribution in [0.1, 0.15) is 40.0 Å². The van der Waals surface area contributed by atoms with E-state index in [1.165, 1.54) is 6.42 Å². The van der Waals surface area contributed by atoms with E-state index in [4.69, 9.17) is 4.74 Å². The molecule has 3 heteroatoms. The largest absolute Gasteiger partial charge is 0.463 e. The summed E-state index contributed by atoms with van der Waals surface area (Å²) in [5, 5.41) is 0.906. The molecule has 0 heterocycles. The Morgan fingerprint density at radius 3 is 3.00 bits per heavy atom. The Kier molecular flexibility index (Phi) is 5.23. The van der Waals surface area contributed by atoms with Gasteiger partial charge >= 0.3 is 5.97 Å². The first-order valence-electron chi connectivity index (χ1n) is 5.67. The van der Waals surface area contributed by atoms with Gasteiger partial charge in [0, 0.05) is 10.8 Å². The molecular formula is C12H20O2S. The third-order valence-electron chi connectivity index (χ3n) is 2.33. The molecule has 0 spiro atoms. The highest BCUT2D eigenvalue weighted by Crippen LogP contribution is 2.32. The molecule has 0 radical (unpaired) electrons. The van der Waals surface area contributed by atoms with Gasteiger partial charge in [-0.15, -0.1) is 0 Å². The minimum absolute atomic E-state index is 0.115. The topological polar surface area (TPSA) is 26.3 Å². The molecule has 0 bridgehead atoms. The van der Waals surface area contributed by atoms with Crippen molar-refractivity contribution in [3.63, 3.8) is 0 Å². The molecule has 15 heavy (non-hydrogen) atoms. The summed E-state index contributed by atoms with van der Waals surface area (Å²) in [6, 6.07) is 0. The number of esters is 1. The molecular weight excluding hydrogens is 208 g/mol. The monoisotopic (exact) mass is 228 g/mol. The van der Waals surface area contributed by atoms with Gasteiger partial charge in [0.1, 0.15) is 0 Å². The van der Waals surface area contributed by atoms with Crippen LogP contribution in [0.4, 0.5) is 0 Å². The van der Waals surface area contributed by atoms with Gasteiger partial charge in [0.2, 0.25) is 0 Å². The van der Waals surface area contributed by atoms with E-state index in [1.54, 1.807) is 0 Å². The quantitative estimate of drug-likeness (QED) is 0.691. The third kappa shape index (κ3) is 3.90. The summed E-state index contributed by atoms with van der Waals surface area (Å²) in [5.41, 5.74) is 0.891. The molecule has 0 fully saturated rings. The molecule has 1 rings (SSSR count). The summed E-state index contributed by atoms with van der Waals surface area (Å²) < 4.78 is 5.07. The highest BCUT2D eigenvalue weighted by molar-refractivity contribution is 8.00. The SMILES string of the molecule is CCOC(=O)C1=CCCCC1SC(C)C. The first-order chi connectivity index (χ1) is 7.15. The van der Waals surface area contributed by atoms with E-state index in [0.717, 1.165) is 18.4 Å². The van der Waals surface area contributed by atoms with Gasteiger partial charge in [-0.25, -0.2) is 4.79 Å². The maximum absolute atomic E-state index is 11.7. The van der Waals surface area contributed by atoms with Crippen LogP contribution in [0.15, 0.2) is 11.6 Å². The standard InChI is InChI=1S/C12H20O2S/c1-4-14-12(13)10-7-5-6-8-11(10)15-9(2)3/h7,9,11H,4-6,8H2,1-3H3. The van der Waals surface area contributed by atoms with Gasteiger partial charge in [-0.3, -0.25) is 0 Å². The van der Waals surface area contributed by atoms with Crippen LogP contribution in [0.2, 0.25) is 0 Å². The van der Waals surface area contributed by atoms with E-state index >= 15 is 0 Å². The molecule has 1 unspecified atom stereocenters. The Hall–Kier alpha value is -0.440. The fraction of sp³-hybridized carbons (Fsp3) is 0.750. The maximum Gasteiger partial charge on any atom is 0.334 e. The minimum atomic E-state index is -0.115. The van der Waals surface area contributed by atoms with E-state index in [-0.39, 0.29) is 5.97 Å². The molecule has 0 aliphatic heterocycles. The molecule has 1 atom stereocenters. The molecule has 0 amide bonds. The van der Waals surface area contributed by atoms with Gasteiger partial charge in [-0.2, -0.15) is 11.8 Å². The molecule has 2 nitrogen and oxygen atoms in total.